The van der Waals surface area contributed by atoms with Crippen molar-refractivity contribution in [3.05, 3.63) is 65.7 Å². The SMILES string of the molecule is Fc1ccc(C2CC3CN(Cc4nc5ccccc5[nH]4)CC32)cc1. The van der Waals surface area contributed by atoms with Gasteiger partial charge in [0.2, 0.25) is 0 Å². The molecule has 3 aromatic rings. The van der Waals surface area contributed by atoms with Gasteiger partial charge >= 0.3 is 0 Å². The van der Waals surface area contributed by atoms with Crippen molar-refractivity contribution in [2.24, 2.45) is 11.8 Å². The first-order chi connectivity index (χ1) is 11.8. The van der Waals surface area contributed by atoms with Crippen molar-refractivity contribution in [3.8, 4) is 0 Å². The molecule has 2 aliphatic rings. The highest BCUT2D eigenvalue weighted by molar-refractivity contribution is 5.74. The van der Waals surface area contributed by atoms with Crippen LogP contribution in [0.1, 0.15) is 23.7 Å². The van der Waals surface area contributed by atoms with Crippen molar-refractivity contribution in [2.75, 3.05) is 13.1 Å². The number of hydrogen-bond acceptors (Lipinski definition) is 2. The van der Waals surface area contributed by atoms with Crippen LogP contribution in [0, 0.1) is 17.7 Å². The second-order valence-corrected chi connectivity index (χ2v) is 7.21. The molecular formula is C20H20FN3. The van der Waals surface area contributed by atoms with E-state index in [1.165, 1.54) is 12.0 Å². The van der Waals surface area contributed by atoms with Crippen LogP contribution >= 0.6 is 0 Å². The summed E-state index contributed by atoms with van der Waals surface area (Å²) >= 11 is 0. The number of nitrogens with one attached hydrogen (secondary N) is 1. The lowest BCUT2D eigenvalue weighted by molar-refractivity contribution is 0.191. The molecule has 3 unspecified atom stereocenters. The third-order valence-electron chi connectivity index (χ3n) is 5.75. The third kappa shape index (κ3) is 2.33. The summed E-state index contributed by atoms with van der Waals surface area (Å²) in [5.41, 5.74) is 3.45. The number of rotatable bonds is 3. The zero-order chi connectivity index (χ0) is 16.1. The van der Waals surface area contributed by atoms with Crippen LogP contribution in [-0.4, -0.2) is 28.0 Å². The highest BCUT2D eigenvalue weighted by Gasteiger charge is 2.47. The number of imidazole rings is 1. The molecule has 1 saturated heterocycles. The van der Waals surface area contributed by atoms with E-state index in [1.54, 1.807) is 12.1 Å². The molecule has 1 aromatic heterocycles. The number of nitrogens with zero attached hydrogens (tertiary/aromatic N) is 2. The van der Waals surface area contributed by atoms with Crippen molar-refractivity contribution in [2.45, 2.75) is 18.9 Å². The lowest BCUT2D eigenvalue weighted by Crippen LogP contribution is -2.33. The van der Waals surface area contributed by atoms with Gasteiger partial charge in [-0.25, -0.2) is 9.37 Å². The first kappa shape index (κ1) is 14.2. The van der Waals surface area contributed by atoms with Gasteiger partial charge in [0, 0.05) is 13.1 Å². The molecule has 0 spiro atoms. The Hall–Kier alpha value is -2.20. The number of para-hydroxylation sites is 2. The summed E-state index contributed by atoms with van der Waals surface area (Å²) in [5, 5.41) is 0. The predicted molar refractivity (Wildman–Crippen MR) is 92.1 cm³/mol. The average molecular weight is 321 g/mol. The maximum Gasteiger partial charge on any atom is 0.123 e. The molecule has 2 aromatic carbocycles. The van der Waals surface area contributed by atoms with Crippen LogP contribution < -0.4 is 0 Å². The van der Waals surface area contributed by atoms with E-state index in [4.69, 9.17) is 4.98 Å². The minimum atomic E-state index is -0.146. The van der Waals surface area contributed by atoms with Gasteiger partial charge < -0.3 is 4.98 Å². The molecule has 3 nitrogen and oxygen atoms in total. The smallest absolute Gasteiger partial charge is 0.123 e. The van der Waals surface area contributed by atoms with E-state index in [2.05, 4.69) is 16.0 Å². The van der Waals surface area contributed by atoms with E-state index in [1.807, 2.05) is 30.3 Å². The predicted octanol–water partition coefficient (Wildman–Crippen LogP) is 3.94. The molecule has 1 N–H and O–H groups in total. The molecule has 1 aliphatic carbocycles. The highest BCUT2D eigenvalue weighted by Crippen LogP contribution is 2.51. The topological polar surface area (TPSA) is 31.9 Å². The minimum absolute atomic E-state index is 0.146. The fraction of sp³-hybridized carbons (Fsp3) is 0.350. The molecule has 2 fully saturated rings. The fourth-order valence-electron chi connectivity index (χ4n) is 4.51. The number of benzene rings is 2. The van der Waals surface area contributed by atoms with Gasteiger partial charge in [-0.05, 0) is 54.0 Å². The van der Waals surface area contributed by atoms with Crippen LogP contribution in [0.4, 0.5) is 4.39 Å². The first-order valence-electron chi connectivity index (χ1n) is 8.68. The molecule has 1 aliphatic heterocycles. The zero-order valence-electron chi connectivity index (χ0n) is 13.5. The van der Waals surface area contributed by atoms with E-state index in [9.17, 15) is 4.39 Å². The van der Waals surface area contributed by atoms with Gasteiger partial charge in [0.05, 0.1) is 17.6 Å². The summed E-state index contributed by atoms with van der Waals surface area (Å²) in [5.74, 6) is 2.99. The molecule has 2 heterocycles. The van der Waals surface area contributed by atoms with Gasteiger partial charge in [-0.3, -0.25) is 4.90 Å². The maximum absolute atomic E-state index is 13.1. The van der Waals surface area contributed by atoms with Gasteiger partial charge in [-0.15, -0.1) is 0 Å². The summed E-state index contributed by atoms with van der Waals surface area (Å²) in [6.07, 6.45) is 1.23. The van der Waals surface area contributed by atoms with Gasteiger partial charge in [-0.2, -0.15) is 0 Å². The Morgan fingerprint density at radius 3 is 2.75 bits per heavy atom. The molecule has 4 heteroatoms. The van der Waals surface area contributed by atoms with E-state index in [-0.39, 0.29) is 5.82 Å². The van der Waals surface area contributed by atoms with Crippen molar-refractivity contribution >= 4 is 11.0 Å². The Balaban J connectivity index is 1.28. The van der Waals surface area contributed by atoms with Crippen LogP contribution in [-0.2, 0) is 6.54 Å². The quantitative estimate of drug-likeness (QED) is 0.792. The first-order valence-corrected chi connectivity index (χ1v) is 8.68. The number of hydrogen-bond donors (Lipinski definition) is 1. The summed E-state index contributed by atoms with van der Waals surface area (Å²) < 4.78 is 13.1. The Kier molecular flexibility index (Phi) is 3.20. The van der Waals surface area contributed by atoms with Crippen molar-refractivity contribution < 1.29 is 4.39 Å². The molecule has 0 amide bonds. The summed E-state index contributed by atoms with van der Waals surface area (Å²) in [6.45, 7) is 3.15. The average Bonchev–Trinajstić information content (AvgIpc) is 3.12. The molecule has 122 valence electrons. The lowest BCUT2D eigenvalue weighted by atomic mass is 9.64. The van der Waals surface area contributed by atoms with Crippen LogP contribution in [0.3, 0.4) is 0 Å². The van der Waals surface area contributed by atoms with E-state index in [0.717, 1.165) is 42.4 Å². The second-order valence-electron chi connectivity index (χ2n) is 7.21. The summed E-state index contributed by atoms with van der Waals surface area (Å²) in [7, 11) is 0. The molecular weight excluding hydrogens is 301 g/mol. The van der Waals surface area contributed by atoms with Gasteiger partial charge in [-0.1, -0.05) is 24.3 Å². The van der Waals surface area contributed by atoms with E-state index >= 15 is 0 Å². The van der Waals surface area contributed by atoms with Crippen LogP contribution in [0.15, 0.2) is 48.5 Å². The molecule has 0 bridgehead atoms. The van der Waals surface area contributed by atoms with E-state index in [0.29, 0.717) is 11.8 Å². The van der Waals surface area contributed by atoms with Crippen molar-refractivity contribution in [1.82, 2.24) is 14.9 Å². The largest absolute Gasteiger partial charge is 0.341 e. The standard InChI is InChI=1S/C20H20FN3/c21-15-7-5-13(6-8-15)16-9-14-10-24(11-17(14)16)12-20-22-18-3-1-2-4-19(18)23-20/h1-8,14,16-17H,9-12H2,(H,22,23). The van der Waals surface area contributed by atoms with Crippen LogP contribution in [0.2, 0.25) is 0 Å². The third-order valence-corrected chi connectivity index (χ3v) is 5.75. The fourth-order valence-corrected chi connectivity index (χ4v) is 4.51. The number of aromatic amines is 1. The molecule has 24 heavy (non-hydrogen) atoms. The number of aromatic nitrogens is 2. The second kappa shape index (κ2) is 5.42. The number of halogens is 1. The number of likely N-dealkylation sites (tertiary alicyclic amines) is 1. The van der Waals surface area contributed by atoms with Gasteiger partial charge in [0.25, 0.3) is 0 Å². The molecule has 5 rings (SSSR count). The normalized spacial score (nSPS) is 26.5. The Morgan fingerprint density at radius 2 is 1.92 bits per heavy atom. The lowest BCUT2D eigenvalue weighted by Gasteiger charge is -2.40. The monoisotopic (exact) mass is 321 g/mol. The summed E-state index contributed by atoms with van der Waals surface area (Å²) in [4.78, 5) is 10.6. The van der Waals surface area contributed by atoms with Crippen LogP contribution in [0.5, 0.6) is 0 Å². The number of H-pyrrole nitrogens is 1. The Bertz CT molecular complexity index is 837. The highest BCUT2D eigenvalue weighted by atomic mass is 19.1. The molecule has 1 saturated carbocycles. The van der Waals surface area contributed by atoms with Gasteiger partial charge in [0.15, 0.2) is 0 Å². The maximum atomic E-state index is 13.1. The number of fused-ring (bicyclic) bond motifs is 2. The van der Waals surface area contributed by atoms with Gasteiger partial charge in [0.1, 0.15) is 11.6 Å². The zero-order valence-corrected chi connectivity index (χ0v) is 13.5. The van der Waals surface area contributed by atoms with E-state index < -0.39 is 0 Å². The van der Waals surface area contributed by atoms with Crippen molar-refractivity contribution in [3.63, 3.8) is 0 Å². The molecule has 0 radical (unpaired) electrons. The minimum Gasteiger partial charge on any atom is -0.341 e. The Morgan fingerprint density at radius 1 is 1.08 bits per heavy atom. The summed E-state index contributed by atoms with van der Waals surface area (Å²) in [6, 6.07) is 15.3. The molecule has 3 atom stereocenters. The van der Waals surface area contributed by atoms with Crippen molar-refractivity contribution in [1.29, 1.82) is 0 Å². The van der Waals surface area contributed by atoms with Crippen LogP contribution in [0.25, 0.3) is 11.0 Å². The Labute approximate surface area is 140 Å².